The highest BCUT2D eigenvalue weighted by Gasteiger charge is 2.42. The normalized spacial score (nSPS) is 24.8. The molecular formula is C27H27F3N6O2. The van der Waals surface area contributed by atoms with Gasteiger partial charge in [-0.1, -0.05) is 6.92 Å². The predicted octanol–water partition coefficient (Wildman–Crippen LogP) is 4.21. The van der Waals surface area contributed by atoms with Crippen molar-refractivity contribution in [3.63, 3.8) is 0 Å². The summed E-state index contributed by atoms with van der Waals surface area (Å²) < 4.78 is 51.1. The maximum absolute atomic E-state index is 15.0. The molecule has 1 saturated carbocycles. The molecule has 0 amide bonds. The molecule has 0 radical (unpaired) electrons. The van der Waals surface area contributed by atoms with E-state index < -0.39 is 23.4 Å². The first-order valence-electron chi connectivity index (χ1n) is 12.5. The van der Waals surface area contributed by atoms with E-state index in [-0.39, 0.29) is 47.9 Å². The van der Waals surface area contributed by atoms with E-state index >= 15 is 8.78 Å². The third-order valence-corrected chi connectivity index (χ3v) is 7.64. The second kappa shape index (κ2) is 9.33. The van der Waals surface area contributed by atoms with Gasteiger partial charge in [0.05, 0.1) is 54.2 Å². The molecule has 1 saturated heterocycles. The Kier molecular flexibility index (Phi) is 6.09. The molecule has 6 rings (SSSR count). The minimum absolute atomic E-state index is 0.0327. The highest BCUT2D eigenvalue weighted by Crippen LogP contribution is 2.40. The van der Waals surface area contributed by atoms with Crippen molar-refractivity contribution in [3.05, 3.63) is 71.7 Å². The Hall–Kier alpha value is -3.54. The molecule has 4 N–H and O–H groups in total. The van der Waals surface area contributed by atoms with Crippen LogP contribution in [-0.4, -0.2) is 50.0 Å². The fourth-order valence-corrected chi connectivity index (χ4v) is 5.44. The van der Waals surface area contributed by atoms with E-state index in [0.29, 0.717) is 23.6 Å². The number of hydrogen-bond acceptors (Lipinski definition) is 7. The second-order valence-electron chi connectivity index (χ2n) is 10.3. The van der Waals surface area contributed by atoms with Crippen LogP contribution >= 0.6 is 0 Å². The topological polar surface area (TPSA) is 111 Å². The van der Waals surface area contributed by atoms with Crippen molar-refractivity contribution in [3.8, 4) is 11.3 Å². The minimum atomic E-state index is -1.89. The average molecular weight is 525 g/mol. The van der Waals surface area contributed by atoms with Crippen molar-refractivity contribution in [1.29, 1.82) is 0 Å². The van der Waals surface area contributed by atoms with E-state index in [1.807, 2.05) is 13.0 Å². The van der Waals surface area contributed by atoms with Gasteiger partial charge in [-0.2, -0.15) is 9.61 Å². The first-order valence-corrected chi connectivity index (χ1v) is 12.5. The summed E-state index contributed by atoms with van der Waals surface area (Å²) in [7, 11) is 0. The van der Waals surface area contributed by atoms with Crippen LogP contribution in [0.3, 0.4) is 0 Å². The van der Waals surface area contributed by atoms with Crippen molar-refractivity contribution in [2.24, 2.45) is 11.7 Å². The van der Waals surface area contributed by atoms with Crippen LogP contribution in [0.1, 0.15) is 36.8 Å². The standard InChI is InChI=1S/C27H27F3N6O2/c1-14-6-15(7-21(31)25(14)37)18-4-5-32-11-23(18)34-26-33-10-17-2-3-22(35-36(17)26)24-19(28)8-16(9-20(24)29)27(30)12-38-13-27/h2-5,8-11,14-15,21,25,37H,6-7,12-13,31H2,1H3,(H,33,34). The summed E-state index contributed by atoms with van der Waals surface area (Å²) >= 11 is 0. The Labute approximate surface area is 216 Å². The molecule has 8 nitrogen and oxygen atoms in total. The molecular weight excluding hydrogens is 497 g/mol. The molecule has 2 aliphatic rings. The molecule has 0 bridgehead atoms. The van der Waals surface area contributed by atoms with Crippen LogP contribution in [0, 0.1) is 17.6 Å². The van der Waals surface area contributed by atoms with Gasteiger partial charge in [0.15, 0.2) is 5.67 Å². The van der Waals surface area contributed by atoms with Gasteiger partial charge in [0.25, 0.3) is 0 Å². The Balaban J connectivity index is 1.34. The molecule has 4 heterocycles. The van der Waals surface area contributed by atoms with E-state index in [1.165, 1.54) is 10.6 Å². The van der Waals surface area contributed by atoms with Gasteiger partial charge in [-0.3, -0.25) is 4.98 Å². The summed E-state index contributed by atoms with van der Waals surface area (Å²) in [5.41, 5.74) is 6.17. The van der Waals surface area contributed by atoms with Crippen molar-refractivity contribution in [2.75, 3.05) is 18.5 Å². The lowest BCUT2D eigenvalue weighted by Gasteiger charge is -2.36. The number of alkyl halides is 1. The van der Waals surface area contributed by atoms with Gasteiger partial charge < -0.3 is 20.9 Å². The number of rotatable bonds is 5. The van der Waals surface area contributed by atoms with Crippen LogP contribution in [0.15, 0.2) is 48.9 Å². The Morgan fingerprint density at radius 2 is 1.89 bits per heavy atom. The van der Waals surface area contributed by atoms with E-state index in [9.17, 15) is 9.50 Å². The number of pyridine rings is 1. The van der Waals surface area contributed by atoms with Crippen molar-refractivity contribution in [2.45, 2.75) is 43.5 Å². The van der Waals surface area contributed by atoms with Gasteiger partial charge in [0, 0.05) is 12.2 Å². The fourth-order valence-electron chi connectivity index (χ4n) is 5.44. The fraction of sp³-hybridized carbons (Fsp3) is 0.370. The quantitative estimate of drug-likeness (QED) is 0.359. The van der Waals surface area contributed by atoms with Gasteiger partial charge in [-0.15, -0.1) is 0 Å². The number of hydrogen-bond donors (Lipinski definition) is 3. The van der Waals surface area contributed by atoms with Gasteiger partial charge in [0.1, 0.15) is 11.6 Å². The molecule has 198 valence electrons. The molecule has 4 aromatic rings. The number of anilines is 2. The van der Waals surface area contributed by atoms with Crippen LogP contribution in [0.4, 0.5) is 24.8 Å². The van der Waals surface area contributed by atoms with Crippen LogP contribution in [0.5, 0.6) is 0 Å². The number of imidazole rings is 1. The molecule has 38 heavy (non-hydrogen) atoms. The summed E-state index contributed by atoms with van der Waals surface area (Å²) in [6, 6.07) is 6.71. The number of nitrogens with zero attached hydrogens (tertiary/aromatic N) is 4. The largest absolute Gasteiger partial charge is 0.391 e. The molecule has 1 aliphatic carbocycles. The van der Waals surface area contributed by atoms with E-state index in [0.717, 1.165) is 24.1 Å². The average Bonchev–Trinajstić information content (AvgIpc) is 3.27. The van der Waals surface area contributed by atoms with Crippen LogP contribution in [0.2, 0.25) is 0 Å². The van der Waals surface area contributed by atoms with E-state index in [1.54, 1.807) is 24.7 Å². The smallest absolute Gasteiger partial charge is 0.229 e. The molecule has 4 unspecified atom stereocenters. The third-order valence-electron chi connectivity index (χ3n) is 7.64. The molecule has 1 aliphatic heterocycles. The van der Waals surface area contributed by atoms with Crippen LogP contribution in [0.25, 0.3) is 16.8 Å². The number of aliphatic hydroxyl groups is 1. The van der Waals surface area contributed by atoms with Gasteiger partial charge >= 0.3 is 0 Å². The maximum Gasteiger partial charge on any atom is 0.229 e. The first-order chi connectivity index (χ1) is 18.2. The van der Waals surface area contributed by atoms with Crippen LogP contribution < -0.4 is 11.1 Å². The summed E-state index contributed by atoms with van der Waals surface area (Å²) in [4.78, 5) is 8.65. The third kappa shape index (κ3) is 4.20. The molecule has 3 aromatic heterocycles. The highest BCUT2D eigenvalue weighted by atomic mass is 19.1. The molecule has 11 heteroatoms. The lowest BCUT2D eigenvalue weighted by atomic mass is 9.74. The second-order valence-corrected chi connectivity index (χ2v) is 10.3. The molecule has 1 aromatic carbocycles. The minimum Gasteiger partial charge on any atom is -0.391 e. The predicted molar refractivity (Wildman–Crippen MR) is 135 cm³/mol. The lowest BCUT2D eigenvalue weighted by Crippen LogP contribution is -2.44. The zero-order valence-electron chi connectivity index (χ0n) is 20.6. The number of ether oxygens (including phenoxy) is 1. The number of halogens is 3. The zero-order valence-corrected chi connectivity index (χ0v) is 20.6. The summed E-state index contributed by atoms with van der Waals surface area (Å²) in [6.45, 7) is 1.51. The molecule has 0 spiro atoms. The highest BCUT2D eigenvalue weighted by molar-refractivity contribution is 5.66. The van der Waals surface area contributed by atoms with Crippen molar-refractivity contribution >= 4 is 17.2 Å². The molecule has 2 fully saturated rings. The van der Waals surface area contributed by atoms with Crippen molar-refractivity contribution < 1.29 is 23.0 Å². The van der Waals surface area contributed by atoms with Crippen LogP contribution in [-0.2, 0) is 10.4 Å². The number of fused-ring (bicyclic) bond motifs is 1. The Morgan fingerprint density at radius 1 is 1.13 bits per heavy atom. The maximum atomic E-state index is 15.0. The summed E-state index contributed by atoms with van der Waals surface area (Å²) in [5, 5.41) is 18.0. The SMILES string of the molecule is CC1CC(c2ccncc2Nc2ncc3ccc(-c4c(F)cc(C5(F)COC5)cc4F)nn23)CC(N)C1O. The summed E-state index contributed by atoms with van der Waals surface area (Å²) in [6.07, 6.45) is 5.80. The lowest BCUT2D eigenvalue weighted by molar-refractivity contribution is -0.135. The van der Waals surface area contributed by atoms with E-state index in [2.05, 4.69) is 20.4 Å². The van der Waals surface area contributed by atoms with E-state index in [4.69, 9.17) is 10.5 Å². The van der Waals surface area contributed by atoms with Crippen molar-refractivity contribution in [1.82, 2.24) is 19.6 Å². The number of nitrogens with one attached hydrogen (secondary N) is 1. The monoisotopic (exact) mass is 524 g/mol. The van der Waals surface area contributed by atoms with Gasteiger partial charge in [-0.05, 0) is 66.1 Å². The number of nitrogens with two attached hydrogens (primary N) is 1. The summed E-state index contributed by atoms with van der Waals surface area (Å²) in [5.74, 6) is -1.35. The van der Waals surface area contributed by atoms with Gasteiger partial charge in [-0.25, -0.2) is 18.2 Å². The molecule has 4 atom stereocenters. The first kappa shape index (κ1) is 24.8. The number of benzene rings is 1. The number of aliphatic hydroxyl groups excluding tert-OH is 1. The number of aromatic nitrogens is 4. The zero-order chi connectivity index (χ0) is 26.6. The Morgan fingerprint density at radius 3 is 2.58 bits per heavy atom. The van der Waals surface area contributed by atoms with Gasteiger partial charge in [0.2, 0.25) is 5.95 Å². The Bertz CT molecular complexity index is 1470.